The third-order valence-corrected chi connectivity index (χ3v) is 6.04. The molecule has 1 aromatic carbocycles. The molecular formula is C20H20BrN3O3S. The van der Waals surface area contributed by atoms with Crippen LogP contribution in [0.3, 0.4) is 0 Å². The first-order chi connectivity index (χ1) is 13.5. The number of aromatic nitrogens is 2. The molecule has 0 radical (unpaired) electrons. The van der Waals surface area contributed by atoms with Crippen molar-refractivity contribution in [1.82, 2.24) is 15.3 Å². The minimum absolute atomic E-state index is 0.131. The van der Waals surface area contributed by atoms with Crippen LogP contribution < -0.4 is 14.8 Å². The van der Waals surface area contributed by atoms with E-state index in [0.717, 1.165) is 20.7 Å². The van der Waals surface area contributed by atoms with Gasteiger partial charge in [-0.2, -0.15) is 0 Å². The monoisotopic (exact) mass is 461 g/mol. The normalized spacial score (nSPS) is 10.6. The van der Waals surface area contributed by atoms with Gasteiger partial charge in [0.2, 0.25) is 0 Å². The summed E-state index contributed by atoms with van der Waals surface area (Å²) < 4.78 is 11.5. The van der Waals surface area contributed by atoms with E-state index in [-0.39, 0.29) is 5.91 Å². The van der Waals surface area contributed by atoms with Crippen molar-refractivity contribution < 1.29 is 14.3 Å². The van der Waals surface area contributed by atoms with Crippen molar-refractivity contribution in [1.29, 1.82) is 0 Å². The van der Waals surface area contributed by atoms with E-state index >= 15 is 0 Å². The van der Waals surface area contributed by atoms with Crippen LogP contribution in [0.2, 0.25) is 0 Å². The zero-order valence-electron chi connectivity index (χ0n) is 15.8. The lowest BCUT2D eigenvalue weighted by molar-refractivity contribution is 0.0957. The number of rotatable bonds is 7. The van der Waals surface area contributed by atoms with Crippen LogP contribution in [0.15, 0.2) is 41.0 Å². The average Bonchev–Trinajstić information content (AvgIpc) is 3.11. The molecule has 0 aliphatic rings. The van der Waals surface area contributed by atoms with Crippen molar-refractivity contribution >= 4 is 33.2 Å². The van der Waals surface area contributed by atoms with Gasteiger partial charge in [0.05, 0.1) is 25.6 Å². The summed E-state index contributed by atoms with van der Waals surface area (Å²) in [5.74, 6) is 1.18. The number of hydrogen-bond donors (Lipinski definition) is 1. The second kappa shape index (κ2) is 9.16. The number of benzene rings is 1. The highest BCUT2D eigenvalue weighted by molar-refractivity contribution is 9.10. The summed E-state index contributed by atoms with van der Waals surface area (Å²) in [4.78, 5) is 22.0. The predicted molar refractivity (Wildman–Crippen MR) is 113 cm³/mol. The van der Waals surface area contributed by atoms with Crippen LogP contribution in [0.4, 0.5) is 0 Å². The van der Waals surface area contributed by atoms with Gasteiger partial charge in [-0.05, 0) is 43.2 Å². The summed E-state index contributed by atoms with van der Waals surface area (Å²) in [7, 11) is 3.20. The van der Waals surface area contributed by atoms with E-state index in [1.54, 1.807) is 20.4 Å². The second-order valence-corrected chi connectivity index (χ2v) is 7.81. The van der Waals surface area contributed by atoms with Crippen molar-refractivity contribution in [3.63, 3.8) is 0 Å². The van der Waals surface area contributed by atoms with E-state index in [9.17, 15) is 4.79 Å². The Morgan fingerprint density at radius 2 is 1.96 bits per heavy atom. The number of hydrogen-bond acceptors (Lipinski definition) is 6. The minimum atomic E-state index is -0.131. The van der Waals surface area contributed by atoms with Crippen molar-refractivity contribution in [2.45, 2.75) is 13.3 Å². The maximum Gasteiger partial charge on any atom is 0.263 e. The van der Waals surface area contributed by atoms with Gasteiger partial charge in [-0.3, -0.25) is 9.78 Å². The molecule has 8 heteroatoms. The Balaban J connectivity index is 1.66. The zero-order chi connectivity index (χ0) is 20.1. The number of ether oxygens (including phenoxy) is 2. The van der Waals surface area contributed by atoms with Crippen LogP contribution >= 0.6 is 27.3 Å². The Kier molecular flexibility index (Phi) is 6.64. The first-order valence-corrected chi connectivity index (χ1v) is 10.2. The topological polar surface area (TPSA) is 73.3 Å². The fourth-order valence-electron chi connectivity index (χ4n) is 2.68. The highest BCUT2D eigenvalue weighted by Gasteiger charge is 2.17. The molecule has 3 rings (SSSR count). The second-order valence-electron chi connectivity index (χ2n) is 5.95. The molecule has 0 bridgehead atoms. The zero-order valence-corrected chi connectivity index (χ0v) is 18.2. The molecule has 6 nitrogen and oxygen atoms in total. The highest BCUT2D eigenvalue weighted by Crippen LogP contribution is 2.33. The number of pyridine rings is 1. The molecule has 0 unspecified atom stereocenters. The number of thiazole rings is 1. The third-order valence-electron chi connectivity index (χ3n) is 4.12. The standard InChI is InChI=1S/C20H20BrN3O3S/c1-12-18(28-20(24-12)15-6-4-5-8-22-15)19(25)23-9-7-13-10-16(26-2)17(27-3)11-14(13)21/h4-6,8,10-11H,7,9H2,1-3H3,(H,23,25). The molecule has 0 saturated heterocycles. The molecule has 146 valence electrons. The lowest BCUT2D eigenvalue weighted by Gasteiger charge is -2.12. The van der Waals surface area contributed by atoms with Gasteiger partial charge in [-0.25, -0.2) is 4.98 Å². The number of methoxy groups -OCH3 is 2. The number of aryl methyl sites for hydroxylation is 1. The van der Waals surface area contributed by atoms with Gasteiger partial charge in [0.15, 0.2) is 11.5 Å². The number of halogens is 1. The molecular weight excluding hydrogens is 442 g/mol. The van der Waals surface area contributed by atoms with Crippen LogP contribution in [0.25, 0.3) is 10.7 Å². The molecule has 2 aromatic heterocycles. The molecule has 0 atom stereocenters. The Hall–Kier alpha value is -2.45. The Morgan fingerprint density at radius 3 is 2.64 bits per heavy atom. The smallest absolute Gasteiger partial charge is 0.263 e. The molecule has 0 aliphatic carbocycles. The number of nitrogens with zero attached hydrogens (tertiary/aromatic N) is 2. The van der Waals surface area contributed by atoms with E-state index in [2.05, 4.69) is 31.2 Å². The quantitative estimate of drug-likeness (QED) is 0.568. The maximum absolute atomic E-state index is 12.6. The van der Waals surface area contributed by atoms with Crippen molar-refractivity contribution in [3.05, 3.63) is 57.1 Å². The SMILES string of the molecule is COc1cc(Br)c(CCNC(=O)c2sc(-c3ccccn3)nc2C)cc1OC. The Morgan fingerprint density at radius 1 is 1.21 bits per heavy atom. The van der Waals surface area contributed by atoms with Crippen LogP contribution in [-0.2, 0) is 6.42 Å². The predicted octanol–water partition coefficient (Wildman–Crippen LogP) is 4.27. The van der Waals surface area contributed by atoms with Crippen LogP contribution in [0.1, 0.15) is 20.9 Å². The molecule has 1 amide bonds. The maximum atomic E-state index is 12.6. The summed E-state index contributed by atoms with van der Waals surface area (Å²) in [5.41, 5.74) is 2.49. The van der Waals surface area contributed by atoms with Crippen molar-refractivity contribution in [3.8, 4) is 22.2 Å². The summed E-state index contributed by atoms with van der Waals surface area (Å²) in [6, 6.07) is 9.41. The summed E-state index contributed by atoms with van der Waals surface area (Å²) in [6.07, 6.45) is 2.37. The average molecular weight is 462 g/mol. The highest BCUT2D eigenvalue weighted by atomic mass is 79.9. The molecule has 3 aromatic rings. The summed E-state index contributed by atoms with van der Waals surface area (Å²) in [6.45, 7) is 2.33. The van der Waals surface area contributed by atoms with E-state index in [4.69, 9.17) is 9.47 Å². The molecule has 2 heterocycles. The minimum Gasteiger partial charge on any atom is -0.493 e. The van der Waals surface area contributed by atoms with E-state index in [1.165, 1.54) is 11.3 Å². The molecule has 0 spiro atoms. The van der Waals surface area contributed by atoms with Gasteiger partial charge in [-0.1, -0.05) is 22.0 Å². The van der Waals surface area contributed by atoms with Gasteiger partial charge in [-0.15, -0.1) is 11.3 Å². The first kappa shape index (κ1) is 20.3. The van der Waals surface area contributed by atoms with Crippen molar-refractivity contribution in [2.24, 2.45) is 0 Å². The Labute approximate surface area is 176 Å². The van der Waals surface area contributed by atoms with Gasteiger partial charge >= 0.3 is 0 Å². The molecule has 28 heavy (non-hydrogen) atoms. The van der Waals surface area contributed by atoms with Gasteiger partial charge in [0.25, 0.3) is 5.91 Å². The Bertz CT molecular complexity index is 976. The molecule has 0 fully saturated rings. The van der Waals surface area contributed by atoms with E-state index in [1.807, 2.05) is 37.3 Å². The summed E-state index contributed by atoms with van der Waals surface area (Å²) in [5, 5.41) is 3.71. The van der Waals surface area contributed by atoms with Crippen molar-refractivity contribution in [2.75, 3.05) is 20.8 Å². The first-order valence-electron chi connectivity index (χ1n) is 8.61. The molecule has 1 N–H and O–H groups in total. The third kappa shape index (κ3) is 4.51. The number of carbonyl (C=O) groups is 1. The number of amides is 1. The van der Waals surface area contributed by atoms with Gasteiger partial charge in [0.1, 0.15) is 9.88 Å². The van der Waals surface area contributed by atoms with Crippen LogP contribution in [0.5, 0.6) is 11.5 Å². The lowest BCUT2D eigenvalue weighted by Crippen LogP contribution is -2.25. The summed E-state index contributed by atoms with van der Waals surface area (Å²) >= 11 is 4.89. The fraction of sp³-hybridized carbons (Fsp3) is 0.250. The van der Waals surface area contributed by atoms with Crippen LogP contribution in [-0.4, -0.2) is 36.6 Å². The lowest BCUT2D eigenvalue weighted by atomic mass is 10.1. The number of carbonyl (C=O) groups excluding carboxylic acids is 1. The van der Waals surface area contributed by atoms with Gasteiger partial charge < -0.3 is 14.8 Å². The largest absolute Gasteiger partial charge is 0.493 e. The van der Waals surface area contributed by atoms with E-state index < -0.39 is 0 Å². The van der Waals surface area contributed by atoms with Crippen LogP contribution in [0, 0.1) is 6.92 Å². The van der Waals surface area contributed by atoms with E-state index in [0.29, 0.717) is 35.0 Å². The number of nitrogens with one attached hydrogen (secondary N) is 1. The van der Waals surface area contributed by atoms with Gasteiger partial charge in [0, 0.05) is 17.2 Å². The fourth-order valence-corrected chi connectivity index (χ4v) is 4.16. The molecule has 0 saturated carbocycles. The molecule has 0 aliphatic heterocycles.